The maximum atomic E-state index is 12.9. The first-order chi connectivity index (χ1) is 7.24. The van der Waals surface area contributed by atoms with Gasteiger partial charge >= 0.3 is 0 Å². The van der Waals surface area contributed by atoms with Crippen LogP contribution >= 0.6 is 0 Å². The van der Waals surface area contributed by atoms with Crippen molar-refractivity contribution in [2.24, 2.45) is 5.92 Å². The summed E-state index contributed by atoms with van der Waals surface area (Å²) in [6.07, 6.45) is 0.448. The number of para-hydroxylation sites is 1. The van der Waals surface area contributed by atoms with E-state index in [-0.39, 0.29) is 17.9 Å². The fraction of sp³-hybridized carbons (Fsp3) is 0.417. The zero-order valence-electron chi connectivity index (χ0n) is 8.69. The molecule has 0 radical (unpaired) electrons. The Morgan fingerprint density at radius 1 is 1.40 bits per heavy atom. The quantitative estimate of drug-likeness (QED) is 0.729. The number of hydrogen-bond donors (Lipinski definition) is 0. The normalized spacial score (nSPS) is 26.0. The Labute approximate surface area is 88.7 Å². The van der Waals surface area contributed by atoms with Gasteiger partial charge in [-0.25, -0.2) is 4.39 Å². The predicted molar refractivity (Wildman–Crippen MR) is 57.5 cm³/mol. The zero-order valence-corrected chi connectivity index (χ0v) is 8.69. The van der Waals surface area contributed by atoms with Crippen molar-refractivity contribution in [3.8, 4) is 0 Å². The lowest BCUT2D eigenvalue weighted by Gasteiger charge is -2.24. The lowest BCUT2D eigenvalue weighted by Crippen LogP contribution is -2.36. The third kappa shape index (κ3) is 1.74. The van der Waals surface area contributed by atoms with E-state index in [1.54, 1.807) is 4.90 Å². The highest BCUT2D eigenvalue weighted by Crippen LogP contribution is 2.30. The Kier molecular flexibility index (Phi) is 2.71. The Hall–Kier alpha value is -1.38. The molecule has 15 heavy (non-hydrogen) atoms. The molecule has 0 saturated carbocycles. The van der Waals surface area contributed by atoms with Crippen molar-refractivity contribution in [3.63, 3.8) is 0 Å². The van der Waals surface area contributed by atoms with Crippen LogP contribution in [0.3, 0.4) is 0 Å². The van der Waals surface area contributed by atoms with Gasteiger partial charge in [-0.3, -0.25) is 4.79 Å². The minimum atomic E-state index is -0.470. The number of halogens is 1. The van der Waals surface area contributed by atoms with Crippen molar-refractivity contribution in [3.05, 3.63) is 30.3 Å². The van der Waals surface area contributed by atoms with Crippen LogP contribution in [0.25, 0.3) is 0 Å². The molecular formula is C12H14FNO. The highest BCUT2D eigenvalue weighted by molar-refractivity contribution is 5.96. The molecule has 2 atom stereocenters. The number of nitrogens with zero attached hydrogens (tertiary/aromatic N) is 1. The summed E-state index contributed by atoms with van der Waals surface area (Å²) >= 11 is 0. The summed E-state index contributed by atoms with van der Waals surface area (Å²) in [5.41, 5.74) is 0.800. The summed E-state index contributed by atoms with van der Waals surface area (Å²) in [6, 6.07) is 9.01. The number of rotatable bonds is 2. The first-order valence-corrected chi connectivity index (χ1v) is 5.17. The van der Waals surface area contributed by atoms with Crippen molar-refractivity contribution in [1.29, 1.82) is 0 Å². The van der Waals surface area contributed by atoms with Crippen LogP contribution in [0, 0.1) is 5.92 Å². The van der Waals surface area contributed by atoms with Gasteiger partial charge in [0.05, 0.1) is 6.04 Å². The van der Waals surface area contributed by atoms with Gasteiger partial charge in [-0.2, -0.15) is 0 Å². The van der Waals surface area contributed by atoms with E-state index in [1.165, 1.54) is 0 Å². The summed E-state index contributed by atoms with van der Waals surface area (Å²) in [5.74, 6) is 0.124. The molecule has 1 fully saturated rings. The van der Waals surface area contributed by atoms with Crippen LogP contribution < -0.4 is 4.90 Å². The molecule has 1 aromatic rings. The van der Waals surface area contributed by atoms with E-state index in [4.69, 9.17) is 0 Å². The standard InChI is InChI=1S/C12H14FNO/c1-9-7-12(15)14(11(9)8-13)10-5-3-2-4-6-10/h2-6,9,11H,7-8H2,1H3. The molecule has 2 rings (SSSR count). The first kappa shape index (κ1) is 10.1. The molecule has 1 aromatic carbocycles. The summed E-state index contributed by atoms with van der Waals surface area (Å²) in [4.78, 5) is 13.3. The van der Waals surface area contributed by atoms with E-state index in [2.05, 4.69) is 0 Å². The second-order valence-corrected chi connectivity index (χ2v) is 4.00. The van der Waals surface area contributed by atoms with Crippen molar-refractivity contribution < 1.29 is 9.18 Å². The van der Waals surface area contributed by atoms with Gasteiger partial charge in [0.1, 0.15) is 6.67 Å². The van der Waals surface area contributed by atoms with Gasteiger partial charge in [0.15, 0.2) is 0 Å². The number of anilines is 1. The van der Waals surface area contributed by atoms with Crippen LogP contribution in [-0.4, -0.2) is 18.6 Å². The Morgan fingerprint density at radius 3 is 2.67 bits per heavy atom. The summed E-state index contributed by atoms with van der Waals surface area (Å²) in [7, 11) is 0. The monoisotopic (exact) mass is 207 g/mol. The van der Waals surface area contributed by atoms with Crippen LogP contribution in [0.1, 0.15) is 13.3 Å². The molecule has 1 heterocycles. The van der Waals surface area contributed by atoms with Gasteiger partial charge in [-0.1, -0.05) is 25.1 Å². The number of carbonyl (C=O) groups excluding carboxylic acids is 1. The van der Waals surface area contributed by atoms with Crippen LogP contribution in [0.4, 0.5) is 10.1 Å². The smallest absolute Gasteiger partial charge is 0.227 e. The third-order valence-corrected chi connectivity index (χ3v) is 2.95. The van der Waals surface area contributed by atoms with Crippen molar-refractivity contribution in [2.75, 3.05) is 11.6 Å². The molecule has 80 valence electrons. The van der Waals surface area contributed by atoms with Crippen molar-refractivity contribution in [2.45, 2.75) is 19.4 Å². The average Bonchev–Trinajstić information content (AvgIpc) is 2.54. The van der Waals surface area contributed by atoms with Gasteiger partial charge < -0.3 is 4.90 Å². The van der Waals surface area contributed by atoms with E-state index in [1.807, 2.05) is 37.3 Å². The minimum Gasteiger partial charge on any atom is -0.306 e. The number of amides is 1. The maximum absolute atomic E-state index is 12.9. The van der Waals surface area contributed by atoms with E-state index in [0.29, 0.717) is 6.42 Å². The Balaban J connectivity index is 2.31. The average molecular weight is 207 g/mol. The SMILES string of the molecule is CC1CC(=O)N(c2ccccc2)C1CF. The van der Waals surface area contributed by atoms with E-state index >= 15 is 0 Å². The maximum Gasteiger partial charge on any atom is 0.227 e. The van der Waals surface area contributed by atoms with Crippen molar-refractivity contribution in [1.82, 2.24) is 0 Å². The summed E-state index contributed by atoms with van der Waals surface area (Å²) in [6.45, 7) is 1.45. The molecule has 0 bridgehead atoms. The summed E-state index contributed by atoms with van der Waals surface area (Å²) < 4.78 is 12.9. The highest BCUT2D eigenvalue weighted by Gasteiger charge is 2.37. The summed E-state index contributed by atoms with van der Waals surface area (Å²) in [5, 5.41) is 0. The van der Waals surface area contributed by atoms with Gasteiger partial charge in [0.2, 0.25) is 5.91 Å². The van der Waals surface area contributed by atoms with Gasteiger partial charge in [-0.15, -0.1) is 0 Å². The van der Waals surface area contributed by atoms with E-state index < -0.39 is 6.67 Å². The molecule has 0 spiro atoms. The predicted octanol–water partition coefficient (Wildman–Crippen LogP) is 2.40. The first-order valence-electron chi connectivity index (χ1n) is 5.17. The molecule has 1 amide bonds. The van der Waals surface area contributed by atoms with Crippen molar-refractivity contribution >= 4 is 11.6 Å². The van der Waals surface area contributed by atoms with Gasteiger partial charge in [0.25, 0.3) is 0 Å². The fourth-order valence-electron chi connectivity index (χ4n) is 2.09. The largest absolute Gasteiger partial charge is 0.306 e. The van der Waals surface area contributed by atoms with Crippen LogP contribution in [0.2, 0.25) is 0 Å². The number of hydrogen-bond acceptors (Lipinski definition) is 1. The lowest BCUT2D eigenvalue weighted by atomic mass is 10.0. The molecule has 0 N–H and O–H groups in total. The molecular weight excluding hydrogens is 193 g/mol. The van der Waals surface area contributed by atoms with Gasteiger partial charge in [-0.05, 0) is 18.1 Å². The number of alkyl halides is 1. The molecule has 3 heteroatoms. The topological polar surface area (TPSA) is 20.3 Å². The second kappa shape index (κ2) is 4.01. The third-order valence-electron chi connectivity index (χ3n) is 2.95. The molecule has 1 aliphatic heterocycles. The lowest BCUT2D eigenvalue weighted by molar-refractivity contribution is -0.117. The molecule has 0 aliphatic carbocycles. The van der Waals surface area contributed by atoms with Crippen LogP contribution in [0.15, 0.2) is 30.3 Å². The molecule has 1 saturated heterocycles. The molecule has 1 aliphatic rings. The molecule has 2 nitrogen and oxygen atoms in total. The number of carbonyl (C=O) groups is 1. The van der Waals surface area contributed by atoms with E-state index in [9.17, 15) is 9.18 Å². The molecule has 0 aromatic heterocycles. The fourth-order valence-corrected chi connectivity index (χ4v) is 2.09. The van der Waals surface area contributed by atoms with E-state index in [0.717, 1.165) is 5.69 Å². The Bertz CT molecular complexity index is 352. The Morgan fingerprint density at radius 2 is 2.07 bits per heavy atom. The molecule has 2 unspecified atom stereocenters. The minimum absolute atomic E-state index is 0.0244. The zero-order chi connectivity index (χ0) is 10.8. The van der Waals surface area contributed by atoms with Crippen LogP contribution in [0.5, 0.6) is 0 Å². The van der Waals surface area contributed by atoms with Crippen LogP contribution in [-0.2, 0) is 4.79 Å². The highest BCUT2D eigenvalue weighted by atomic mass is 19.1. The number of benzene rings is 1. The second-order valence-electron chi connectivity index (χ2n) is 4.00. The van der Waals surface area contributed by atoms with Gasteiger partial charge in [0, 0.05) is 12.1 Å².